The molecule has 1 saturated carbocycles. The van der Waals surface area contributed by atoms with E-state index >= 15 is 0 Å². The van der Waals surface area contributed by atoms with E-state index < -0.39 is 0 Å². The Morgan fingerprint density at radius 3 is 2.84 bits per heavy atom. The summed E-state index contributed by atoms with van der Waals surface area (Å²) in [5, 5.41) is 4.26. The zero-order valence-electron chi connectivity index (χ0n) is 11.3. The summed E-state index contributed by atoms with van der Waals surface area (Å²) in [5.74, 6) is 0. The van der Waals surface area contributed by atoms with Crippen molar-refractivity contribution in [1.82, 2.24) is 5.32 Å². The quantitative estimate of drug-likeness (QED) is 0.753. The van der Waals surface area contributed by atoms with Gasteiger partial charge in [-0.1, -0.05) is 46.4 Å². The molecule has 0 aromatic heterocycles. The molecule has 0 aliphatic heterocycles. The molecule has 1 N–H and O–H groups in total. The molecule has 2 nitrogen and oxygen atoms in total. The summed E-state index contributed by atoms with van der Waals surface area (Å²) in [6.45, 7) is 3.78. The van der Waals surface area contributed by atoms with Crippen LogP contribution in [0.5, 0.6) is 0 Å². The molecule has 4 heteroatoms. The Labute approximate surface area is 129 Å². The number of ether oxygens (including phenoxy) is 1. The van der Waals surface area contributed by atoms with Crippen LogP contribution in [-0.4, -0.2) is 19.3 Å². The van der Waals surface area contributed by atoms with Gasteiger partial charge in [-0.05, 0) is 37.5 Å². The number of halogens is 2. The first-order valence-electron chi connectivity index (χ1n) is 6.97. The van der Waals surface area contributed by atoms with Gasteiger partial charge in [0.25, 0.3) is 0 Å². The maximum Gasteiger partial charge on any atom is 0.0594 e. The van der Waals surface area contributed by atoms with Gasteiger partial charge in [0.2, 0.25) is 0 Å². The van der Waals surface area contributed by atoms with Gasteiger partial charge in [-0.2, -0.15) is 0 Å². The number of rotatable bonds is 6. The standard InChI is InChI=1S/C15H21BrClNO/c1-11(14-7-6-12(16)10-15(14)17)18-8-9-19-13-4-2-3-5-13/h6-7,10-11,13,18H,2-5,8-9H2,1H3. The lowest BCUT2D eigenvalue weighted by molar-refractivity contribution is 0.0593. The van der Waals surface area contributed by atoms with Crippen LogP contribution in [0.1, 0.15) is 44.2 Å². The average molecular weight is 347 g/mol. The molecule has 0 heterocycles. The van der Waals surface area contributed by atoms with Gasteiger partial charge in [0, 0.05) is 22.1 Å². The number of hydrogen-bond acceptors (Lipinski definition) is 2. The Balaban J connectivity index is 1.72. The third-order valence-electron chi connectivity index (χ3n) is 3.64. The second-order valence-corrected chi connectivity index (χ2v) is 6.44. The van der Waals surface area contributed by atoms with Crippen LogP contribution in [0.4, 0.5) is 0 Å². The van der Waals surface area contributed by atoms with Crippen LogP contribution in [0.2, 0.25) is 5.02 Å². The topological polar surface area (TPSA) is 21.3 Å². The normalized spacial score (nSPS) is 17.8. The maximum absolute atomic E-state index is 6.24. The summed E-state index contributed by atoms with van der Waals surface area (Å²) >= 11 is 9.66. The highest BCUT2D eigenvalue weighted by Crippen LogP contribution is 2.26. The van der Waals surface area contributed by atoms with Crippen LogP contribution in [0.3, 0.4) is 0 Å². The molecular weight excluding hydrogens is 326 g/mol. The Morgan fingerprint density at radius 2 is 2.16 bits per heavy atom. The number of benzene rings is 1. The fourth-order valence-corrected chi connectivity index (χ4v) is 3.36. The molecule has 1 aromatic carbocycles. The van der Waals surface area contributed by atoms with E-state index in [0.717, 1.165) is 28.2 Å². The molecule has 0 bridgehead atoms. The van der Waals surface area contributed by atoms with Crippen molar-refractivity contribution in [3.8, 4) is 0 Å². The van der Waals surface area contributed by atoms with Crippen LogP contribution in [-0.2, 0) is 4.74 Å². The van der Waals surface area contributed by atoms with Crippen molar-refractivity contribution >= 4 is 27.5 Å². The summed E-state index contributed by atoms with van der Waals surface area (Å²) in [6, 6.07) is 6.26. The molecule has 1 fully saturated rings. The van der Waals surface area contributed by atoms with E-state index in [2.05, 4.69) is 34.2 Å². The molecule has 1 aliphatic rings. The number of nitrogens with one attached hydrogen (secondary N) is 1. The van der Waals surface area contributed by atoms with E-state index in [1.165, 1.54) is 25.7 Å². The highest BCUT2D eigenvalue weighted by Gasteiger charge is 2.15. The Bertz CT molecular complexity index is 407. The minimum atomic E-state index is 0.243. The van der Waals surface area contributed by atoms with Crippen LogP contribution < -0.4 is 5.32 Å². The van der Waals surface area contributed by atoms with Gasteiger partial charge in [-0.25, -0.2) is 0 Å². The molecule has 2 rings (SSSR count). The van der Waals surface area contributed by atoms with E-state index in [1.807, 2.05) is 12.1 Å². The van der Waals surface area contributed by atoms with Gasteiger partial charge in [0.1, 0.15) is 0 Å². The molecule has 1 atom stereocenters. The van der Waals surface area contributed by atoms with Crippen molar-refractivity contribution in [2.24, 2.45) is 0 Å². The van der Waals surface area contributed by atoms with Crippen LogP contribution >= 0.6 is 27.5 Å². The summed E-state index contributed by atoms with van der Waals surface area (Å²) in [4.78, 5) is 0. The highest BCUT2D eigenvalue weighted by atomic mass is 79.9. The first kappa shape index (κ1) is 15.3. The molecule has 0 spiro atoms. The SMILES string of the molecule is CC(NCCOC1CCCC1)c1ccc(Br)cc1Cl. The lowest BCUT2D eigenvalue weighted by Gasteiger charge is -2.17. The third-order valence-corrected chi connectivity index (χ3v) is 4.46. The van der Waals surface area contributed by atoms with Crippen molar-refractivity contribution in [1.29, 1.82) is 0 Å². The molecule has 1 aromatic rings. The van der Waals surface area contributed by atoms with Crippen molar-refractivity contribution in [3.63, 3.8) is 0 Å². The van der Waals surface area contributed by atoms with E-state index in [4.69, 9.17) is 16.3 Å². The monoisotopic (exact) mass is 345 g/mol. The van der Waals surface area contributed by atoms with Crippen molar-refractivity contribution in [2.75, 3.05) is 13.2 Å². The van der Waals surface area contributed by atoms with Crippen molar-refractivity contribution < 1.29 is 4.74 Å². The summed E-state index contributed by atoms with van der Waals surface area (Å²) in [5.41, 5.74) is 1.13. The average Bonchev–Trinajstić information content (AvgIpc) is 2.87. The number of hydrogen-bond donors (Lipinski definition) is 1. The molecule has 0 radical (unpaired) electrons. The minimum absolute atomic E-state index is 0.243. The molecule has 0 saturated heterocycles. The van der Waals surface area contributed by atoms with Crippen LogP contribution in [0.25, 0.3) is 0 Å². The van der Waals surface area contributed by atoms with Gasteiger partial charge in [-0.3, -0.25) is 0 Å². The first-order valence-corrected chi connectivity index (χ1v) is 8.14. The summed E-state index contributed by atoms with van der Waals surface area (Å²) in [6.07, 6.45) is 5.60. The molecule has 0 amide bonds. The Kier molecular flexibility index (Phi) is 6.14. The van der Waals surface area contributed by atoms with Gasteiger partial charge in [-0.15, -0.1) is 0 Å². The maximum atomic E-state index is 6.24. The van der Waals surface area contributed by atoms with Gasteiger partial charge in [0.15, 0.2) is 0 Å². The Morgan fingerprint density at radius 1 is 1.42 bits per heavy atom. The molecular formula is C15H21BrClNO. The second kappa shape index (κ2) is 7.63. The predicted molar refractivity (Wildman–Crippen MR) is 83.8 cm³/mol. The lowest BCUT2D eigenvalue weighted by Crippen LogP contribution is -2.25. The zero-order valence-corrected chi connectivity index (χ0v) is 13.6. The zero-order chi connectivity index (χ0) is 13.7. The van der Waals surface area contributed by atoms with Crippen LogP contribution in [0, 0.1) is 0 Å². The van der Waals surface area contributed by atoms with Gasteiger partial charge >= 0.3 is 0 Å². The second-order valence-electron chi connectivity index (χ2n) is 5.12. The summed E-state index contributed by atoms with van der Waals surface area (Å²) in [7, 11) is 0. The van der Waals surface area contributed by atoms with Crippen molar-refractivity contribution in [2.45, 2.75) is 44.8 Å². The molecule has 1 unspecified atom stereocenters. The van der Waals surface area contributed by atoms with Crippen molar-refractivity contribution in [3.05, 3.63) is 33.3 Å². The largest absolute Gasteiger partial charge is 0.377 e. The predicted octanol–water partition coefficient (Wildman–Crippen LogP) is 4.71. The van der Waals surface area contributed by atoms with E-state index in [-0.39, 0.29) is 6.04 Å². The van der Waals surface area contributed by atoms with E-state index in [0.29, 0.717) is 6.10 Å². The molecule has 106 valence electrons. The fourth-order valence-electron chi connectivity index (χ4n) is 2.52. The van der Waals surface area contributed by atoms with Crippen LogP contribution in [0.15, 0.2) is 22.7 Å². The molecule has 1 aliphatic carbocycles. The first-order chi connectivity index (χ1) is 9.16. The summed E-state index contributed by atoms with van der Waals surface area (Å²) < 4.78 is 6.85. The lowest BCUT2D eigenvalue weighted by atomic mass is 10.1. The highest BCUT2D eigenvalue weighted by molar-refractivity contribution is 9.10. The molecule has 19 heavy (non-hydrogen) atoms. The Hall–Kier alpha value is -0.0900. The fraction of sp³-hybridized carbons (Fsp3) is 0.600. The van der Waals surface area contributed by atoms with Gasteiger partial charge in [0.05, 0.1) is 12.7 Å². The minimum Gasteiger partial charge on any atom is -0.377 e. The third kappa shape index (κ3) is 4.75. The van der Waals surface area contributed by atoms with E-state index in [1.54, 1.807) is 0 Å². The van der Waals surface area contributed by atoms with E-state index in [9.17, 15) is 0 Å². The van der Waals surface area contributed by atoms with Gasteiger partial charge < -0.3 is 10.1 Å². The smallest absolute Gasteiger partial charge is 0.0594 e.